The molecule has 0 unspecified atom stereocenters. The SMILES string of the molecule is CCOc1cc2c(cc1CNC(=O)CCn1ncc3ccc([N+](=O)[O-])cc31)O[C@H](C)C2. The molecule has 0 fully saturated rings. The van der Waals surface area contributed by atoms with Crippen LogP contribution < -0.4 is 14.8 Å². The number of amides is 1. The van der Waals surface area contributed by atoms with Crippen molar-refractivity contribution in [2.24, 2.45) is 0 Å². The number of nitro benzene ring substituents is 1. The van der Waals surface area contributed by atoms with Crippen molar-refractivity contribution in [3.05, 3.63) is 57.8 Å². The van der Waals surface area contributed by atoms with Crippen LogP contribution in [0.15, 0.2) is 36.5 Å². The van der Waals surface area contributed by atoms with E-state index in [9.17, 15) is 14.9 Å². The summed E-state index contributed by atoms with van der Waals surface area (Å²) < 4.78 is 13.2. The van der Waals surface area contributed by atoms with Crippen LogP contribution in [0.25, 0.3) is 10.9 Å². The van der Waals surface area contributed by atoms with E-state index in [1.54, 1.807) is 16.9 Å². The molecule has 4 rings (SSSR count). The molecule has 0 spiro atoms. The van der Waals surface area contributed by atoms with Crippen molar-refractivity contribution in [2.45, 2.75) is 45.9 Å². The van der Waals surface area contributed by atoms with E-state index in [-0.39, 0.29) is 24.1 Å². The third-order valence-electron chi connectivity index (χ3n) is 5.24. The number of hydrogen-bond acceptors (Lipinski definition) is 6. The van der Waals surface area contributed by atoms with Crippen LogP contribution >= 0.6 is 0 Å². The summed E-state index contributed by atoms with van der Waals surface area (Å²) in [5, 5.41) is 19.0. The second kappa shape index (κ2) is 8.63. The average Bonchev–Trinajstić information content (AvgIpc) is 3.31. The minimum Gasteiger partial charge on any atom is -0.494 e. The molecular formula is C22H24N4O5. The van der Waals surface area contributed by atoms with Gasteiger partial charge in [0.25, 0.3) is 5.69 Å². The summed E-state index contributed by atoms with van der Waals surface area (Å²) in [6.45, 7) is 5.13. The highest BCUT2D eigenvalue weighted by molar-refractivity contribution is 5.81. The molecule has 162 valence electrons. The lowest BCUT2D eigenvalue weighted by molar-refractivity contribution is -0.384. The van der Waals surface area contributed by atoms with Gasteiger partial charge in [0.05, 0.1) is 29.8 Å². The summed E-state index contributed by atoms with van der Waals surface area (Å²) >= 11 is 0. The van der Waals surface area contributed by atoms with Gasteiger partial charge in [0.1, 0.15) is 17.6 Å². The highest BCUT2D eigenvalue weighted by Crippen LogP contribution is 2.35. The lowest BCUT2D eigenvalue weighted by atomic mass is 10.1. The average molecular weight is 424 g/mol. The number of hydrogen-bond donors (Lipinski definition) is 1. The standard InChI is InChI=1S/C22H24N4O5/c1-3-30-20-9-16-8-14(2)31-21(16)10-17(20)12-23-22(27)6-7-25-19-11-18(26(28)29)5-4-15(19)13-24-25/h4-5,9-11,13-14H,3,6-8,12H2,1-2H3,(H,23,27)/t14-/m1/s1. The molecule has 1 atom stereocenters. The molecule has 2 heterocycles. The number of non-ortho nitro benzene ring substituents is 1. The first kappa shape index (κ1) is 20.6. The number of rotatable bonds is 8. The highest BCUT2D eigenvalue weighted by atomic mass is 16.6. The van der Waals surface area contributed by atoms with Crippen LogP contribution in [0.1, 0.15) is 31.4 Å². The molecule has 1 aliphatic rings. The van der Waals surface area contributed by atoms with Crippen LogP contribution in [0.3, 0.4) is 0 Å². The van der Waals surface area contributed by atoms with Crippen molar-refractivity contribution in [2.75, 3.05) is 6.61 Å². The lowest BCUT2D eigenvalue weighted by Crippen LogP contribution is -2.24. The second-order valence-electron chi connectivity index (χ2n) is 7.53. The second-order valence-corrected chi connectivity index (χ2v) is 7.53. The number of nitrogens with one attached hydrogen (secondary N) is 1. The zero-order valence-electron chi connectivity index (χ0n) is 17.5. The normalized spacial score (nSPS) is 14.8. The van der Waals surface area contributed by atoms with Crippen molar-refractivity contribution in [1.82, 2.24) is 15.1 Å². The van der Waals surface area contributed by atoms with Gasteiger partial charge >= 0.3 is 0 Å². The summed E-state index contributed by atoms with van der Waals surface area (Å²) in [7, 11) is 0. The van der Waals surface area contributed by atoms with Gasteiger partial charge in [0.2, 0.25) is 5.91 Å². The quantitative estimate of drug-likeness (QED) is 0.439. The number of nitrogens with zero attached hydrogens (tertiary/aromatic N) is 3. The van der Waals surface area contributed by atoms with E-state index in [1.165, 1.54) is 12.1 Å². The minimum absolute atomic E-state index is 0.00435. The fourth-order valence-corrected chi connectivity index (χ4v) is 3.75. The molecule has 2 aromatic carbocycles. The van der Waals surface area contributed by atoms with Gasteiger partial charge in [0, 0.05) is 48.0 Å². The third kappa shape index (κ3) is 4.45. The van der Waals surface area contributed by atoms with Gasteiger partial charge in [-0.15, -0.1) is 0 Å². The Labute approximate surface area is 179 Å². The van der Waals surface area contributed by atoms with E-state index < -0.39 is 4.92 Å². The monoisotopic (exact) mass is 424 g/mol. The predicted octanol–water partition coefficient (Wildman–Crippen LogP) is 3.37. The number of ether oxygens (including phenoxy) is 2. The van der Waals surface area contributed by atoms with Crippen LogP contribution in [0, 0.1) is 10.1 Å². The molecule has 0 saturated carbocycles. The number of aromatic nitrogens is 2. The zero-order valence-corrected chi connectivity index (χ0v) is 17.5. The van der Waals surface area contributed by atoms with E-state index in [4.69, 9.17) is 9.47 Å². The lowest BCUT2D eigenvalue weighted by Gasteiger charge is -2.13. The van der Waals surface area contributed by atoms with E-state index >= 15 is 0 Å². The van der Waals surface area contributed by atoms with Gasteiger partial charge in [-0.1, -0.05) is 0 Å². The largest absolute Gasteiger partial charge is 0.494 e. The van der Waals surface area contributed by atoms with Crippen LogP contribution in [0.2, 0.25) is 0 Å². The maximum atomic E-state index is 12.4. The molecule has 0 saturated heterocycles. The smallest absolute Gasteiger partial charge is 0.271 e. The molecule has 31 heavy (non-hydrogen) atoms. The number of carbonyl (C=O) groups excluding carboxylic acids is 1. The molecule has 9 heteroatoms. The number of fused-ring (bicyclic) bond motifs is 2. The van der Waals surface area contributed by atoms with Crippen LogP contribution in [0.5, 0.6) is 11.5 Å². The Morgan fingerprint density at radius 3 is 3.00 bits per heavy atom. The molecule has 1 N–H and O–H groups in total. The highest BCUT2D eigenvalue weighted by Gasteiger charge is 2.22. The number of nitro groups is 1. The molecule has 0 aliphatic carbocycles. The Hall–Kier alpha value is -3.62. The maximum absolute atomic E-state index is 12.4. The van der Waals surface area contributed by atoms with Crippen LogP contribution in [-0.2, 0) is 24.3 Å². The van der Waals surface area contributed by atoms with Gasteiger partial charge in [-0.3, -0.25) is 19.6 Å². The molecule has 9 nitrogen and oxygen atoms in total. The third-order valence-corrected chi connectivity index (χ3v) is 5.24. The van der Waals surface area contributed by atoms with E-state index in [0.717, 1.165) is 34.4 Å². The Morgan fingerprint density at radius 1 is 1.39 bits per heavy atom. The van der Waals surface area contributed by atoms with Crippen molar-refractivity contribution >= 4 is 22.5 Å². The molecule has 1 aliphatic heterocycles. The molecular weight excluding hydrogens is 400 g/mol. The Bertz CT molecular complexity index is 1140. The number of carbonyl (C=O) groups is 1. The Kier molecular flexibility index (Phi) is 5.75. The number of aryl methyl sites for hydroxylation is 1. The zero-order chi connectivity index (χ0) is 22.0. The fraction of sp³-hybridized carbons (Fsp3) is 0.364. The van der Waals surface area contributed by atoms with E-state index in [2.05, 4.69) is 10.4 Å². The van der Waals surface area contributed by atoms with Crippen molar-refractivity contribution in [1.29, 1.82) is 0 Å². The van der Waals surface area contributed by atoms with Gasteiger partial charge < -0.3 is 14.8 Å². The predicted molar refractivity (Wildman–Crippen MR) is 114 cm³/mol. The molecule has 3 aromatic rings. The Balaban J connectivity index is 1.40. The summed E-state index contributed by atoms with van der Waals surface area (Å²) in [6, 6.07) is 8.50. The molecule has 0 bridgehead atoms. The topological polar surface area (TPSA) is 109 Å². The number of benzene rings is 2. The summed E-state index contributed by atoms with van der Waals surface area (Å²) in [4.78, 5) is 23.0. The van der Waals surface area contributed by atoms with Crippen molar-refractivity contribution < 1.29 is 19.2 Å². The van der Waals surface area contributed by atoms with E-state index in [0.29, 0.717) is 25.2 Å². The fourth-order valence-electron chi connectivity index (χ4n) is 3.75. The summed E-state index contributed by atoms with van der Waals surface area (Å²) in [6.07, 6.45) is 2.81. The molecule has 0 radical (unpaired) electrons. The van der Waals surface area contributed by atoms with Gasteiger partial charge in [-0.05, 0) is 32.0 Å². The Morgan fingerprint density at radius 2 is 2.23 bits per heavy atom. The van der Waals surface area contributed by atoms with Crippen molar-refractivity contribution in [3.63, 3.8) is 0 Å². The van der Waals surface area contributed by atoms with Gasteiger partial charge in [-0.25, -0.2) is 0 Å². The first-order chi connectivity index (χ1) is 14.9. The first-order valence-electron chi connectivity index (χ1n) is 10.3. The molecule has 1 amide bonds. The van der Waals surface area contributed by atoms with Crippen LogP contribution in [-0.4, -0.2) is 33.3 Å². The van der Waals surface area contributed by atoms with Crippen LogP contribution in [0.4, 0.5) is 5.69 Å². The molecule has 1 aromatic heterocycles. The minimum atomic E-state index is -0.444. The van der Waals surface area contributed by atoms with Gasteiger partial charge in [0.15, 0.2) is 0 Å². The maximum Gasteiger partial charge on any atom is 0.271 e. The van der Waals surface area contributed by atoms with E-state index in [1.807, 2.05) is 26.0 Å². The summed E-state index contributed by atoms with van der Waals surface area (Å²) in [5.74, 6) is 1.45. The summed E-state index contributed by atoms with van der Waals surface area (Å²) in [5.41, 5.74) is 2.61. The first-order valence-corrected chi connectivity index (χ1v) is 10.3. The van der Waals surface area contributed by atoms with Gasteiger partial charge in [-0.2, -0.15) is 5.10 Å². The van der Waals surface area contributed by atoms with Crippen molar-refractivity contribution in [3.8, 4) is 11.5 Å².